The third-order valence-electron chi connectivity index (χ3n) is 3.91. The van der Waals surface area contributed by atoms with E-state index in [4.69, 9.17) is 0 Å². The number of nitrogens with zero attached hydrogens (tertiary/aromatic N) is 3. The summed E-state index contributed by atoms with van der Waals surface area (Å²) in [5.74, 6) is 1.27. The van der Waals surface area contributed by atoms with Crippen LogP contribution >= 0.6 is 0 Å². The molecule has 0 saturated carbocycles. The third kappa shape index (κ3) is 2.32. The summed E-state index contributed by atoms with van der Waals surface area (Å²) in [5, 5.41) is -0.280. The Kier molecular flexibility index (Phi) is 3.50. The van der Waals surface area contributed by atoms with Crippen molar-refractivity contribution in [3.8, 4) is 0 Å². The van der Waals surface area contributed by atoms with Gasteiger partial charge < -0.3 is 4.57 Å². The number of fused-ring (bicyclic) bond motifs is 1. The van der Waals surface area contributed by atoms with E-state index in [0.29, 0.717) is 12.3 Å². The molecule has 1 saturated heterocycles. The van der Waals surface area contributed by atoms with Gasteiger partial charge >= 0.3 is 0 Å². The van der Waals surface area contributed by atoms with Gasteiger partial charge in [-0.2, -0.15) is 0 Å². The topological polar surface area (TPSA) is 64.8 Å². The van der Waals surface area contributed by atoms with Gasteiger partial charge in [-0.25, -0.2) is 18.4 Å². The maximum absolute atomic E-state index is 12.0. The summed E-state index contributed by atoms with van der Waals surface area (Å²) in [4.78, 5) is 8.98. The maximum atomic E-state index is 12.0. The zero-order valence-corrected chi connectivity index (χ0v) is 12.4. The molecular formula is C14H19N3O2S. The highest BCUT2D eigenvalue weighted by molar-refractivity contribution is 7.92. The summed E-state index contributed by atoms with van der Waals surface area (Å²) in [6.07, 6.45) is 5.10. The van der Waals surface area contributed by atoms with Gasteiger partial charge in [-0.15, -0.1) is 0 Å². The molecule has 0 aromatic carbocycles. The average molecular weight is 293 g/mol. The van der Waals surface area contributed by atoms with Crippen molar-refractivity contribution in [1.29, 1.82) is 0 Å². The molecule has 108 valence electrons. The quantitative estimate of drug-likeness (QED) is 0.864. The largest absolute Gasteiger partial charge is 0.311 e. The first-order valence-electron chi connectivity index (χ1n) is 7.13. The highest BCUT2D eigenvalue weighted by atomic mass is 32.2. The molecule has 0 aliphatic carbocycles. The molecule has 0 N–H and O–H groups in total. The molecule has 3 heterocycles. The monoisotopic (exact) mass is 293 g/mol. The Bertz CT molecular complexity index is 721. The molecule has 1 aliphatic rings. The number of pyridine rings is 1. The lowest BCUT2D eigenvalue weighted by molar-refractivity contribution is 0.560. The number of hydrogen-bond donors (Lipinski definition) is 0. The molecule has 5 nitrogen and oxygen atoms in total. The fraction of sp³-hybridized carbons (Fsp3) is 0.571. The molecule has 0 bridgehead atoms. The molecule has 2 aromatic rings. The summed E-state index contributed by atoms with van der Waals surface area (Å²) >= 11 is 0. The predicted molar refractivity (Wildman–Crippen MR) is 78.3 cm³/mol. The number of aromatic nitrogens is 3. The Hall–Kier alpha value is -1.43. The van der Waals surface area contributed by atoms with E-state index in [2.05, 4.69) is 16.9 Å². The second kappa shape index (κ2) is 5.16. The van der Waals surface area contributed by atoms with Crippen molar-refractivity contribution >= 4 is 21.0 Å². The highest BCUT2D eigenvalue weighted by Gasteiger charge is 2.32. The van der Waals surface area contributed by atoms with Crippen LogP contribution in [0.1, 0.15) is 32.0 Å². The van der Waals surface area contributed by atoms with E-state index in [0.717, 1.165) is 42.7 Å². The number of aryl methyl sites for hydroxylation is 1. The molecule has 1 fully saturated rings. The summed E-state index contributed by atoms with van der Waals surface area (Å²) in [5.41, 5.74) is 1.66. The van der Waals surface area contributed by atoms with Crippen LogP contribution in [-0.2, 0) is 22.8 Å². The van der Waals surface area contributed by atoms with Gasteiger partial charge in [-0.1, -0.05) is 6.92 Å². The van der Waals surface area contributed by atoms with Crippen LogP contribution < -0.4 is 0 Å². The van der Waals surface area contributed by atoms with Crippen molar-refractivity contribution in [2.75, 3.05) is 5.75 Å². The van der Waals surface area contributed by atoms with Crippen molar-refractivity contribution in [3.63, 3.8) is 0 Å². The molecule has 0 amide bonds. The lowest BCUT2D eigenvalue weighted by atomic mass is 10.2. The SMILES string of the molecule is CCCc1nc2cccnc2n1CC1CCCS1(=O)=O. The highest BCUT2D eigenvalue weighted by Crippen LogP contribution is 2.24. The van der Waals surface area contributed by atoms with E-state index in [1.54, 1.807) is 6.20 Å². The van der Waals surface area contributed by atoms with Gasteiger partial charge in [0.25, 0.3) is 0 Å². The molecule has 0 radical (unpaired) electrons. The van der Waals surface area contributed by atoms with Crippen LogP contribution in [0.25, 0.3) is 11.2 Å². The van der Waals surface area contributed by atoms with Gasteiger partial charge in [0, 0.05) is 19.2 Å². The number of rotatable bonds is 4. The van der Waals surface area contributed by atoms with Crippen molar-refractivity contribution in [1.82, 2.24) is 14.5 Å². The van der Waals surface area contributed by atoms with Crippen LogP contribution in [0.5, 0.6) is 0 Å². The first-order valence-corrected chi connectivity index (χ1v) is 8.85. The minimum atomic E-state index is -2.94. The van der Waals surface area contributed by atoms with Crippen molar-refractivity contribution in [2.24, 2.45) is 0 Å². The Morgan fingerprint density at radius 3 is 3.00 bits per heavy atom. The summed E-state index contributed by atoms with van der Waals surface area (Å²) < 4.78 is 26.1. The van der Waals surface area contributed by atoms with Gasteiger partial charge in [-0.3, -0.25) is 0 Å². The fourth-order valence-electron chi connectivity index (χ4n) is 2.88. The molecule has 3 rings (SSSR count). The molecule has 1 aliphatic heterocycles. The van der Waals surface area contributed by atoms with Crippen LogP contribution in [0.2, 0.25) is 0 Å². The van der Waals surface area contributed by atoms with Crippen LogP contribution in [0, 0.1) is 0 Å². The summed E-state index contributed by atoms with van der Waals surface area (Å²) in [7, 11) is -2.94. The smallest absolute Gasteiger partial charge is 0.160 e. The van der Waals surface area contributed by atoms with Crippen LogP contribution in [0.4, 0.5) is 0 Å². The van der Waals surface area contributed by atoms with Crippen molar-refractivity contribution in [3.05, 3.63) is 24.2 Å². The zero-order chi connectivity index (χ0) is 14.2. The first kappa shape index (κ1) is 13.5. The fourth-order valence-corrected chi connectivity index (χ4v) is 4.68. The Labute approximate surface area is 119 Å². The van der Waals surface area contributed by atoms with Crippen molar-refractivity contribution < 1.29 is 8.42 Å². The van der Waals surface area contributed by atoms with Gasteiger partial charge in [0.15, 0.2) is 15.5 Å². The maximum Gasteiger partial charge on any atom is 0.160 e. The van der Waals surface area contributed by atoms with E-state index in [1.807, 2.05) is 16.7 Å². The molecule has 20 heavy (non-hydrogen) atoms. The number of hydrogen-bond acceptors (Lipinski definition) is 4. The van der Waals surface area contributed by atoms with Crippen molar-refractivity contribution in [2.45, 2.75) is 44.4 Å². The van der Waals surface area contributed by atoms with E-state index in [-0.39, 0.29) is 5.25 Å². The lowest BCUT2D eigenvalue weighted by Crippen LogP contribution is -2.23. The first-order chi connectivity index (χ1) is 9.62. The normalized spacial score (nSPS) is 21.6. The van der Waals surface area contributed by atoms with Crippen LogP contribution in [0.15, 0.2) is 18.3 Å². The van der Waals surface area contributed by atoms with Gasteiger partial charge in [-0.05, 0) is 31.4 Å². The lowest BCUT2D eigenvalue weighted by Gasteiger charge is -2.13. The minimum absolute atomic E-state index is 0.280. The van der Waals surface area contributed by atoms with E-state index >= 15 is 0 Å². The van der Waals surface area contributed by atoms with Crippen LogP contribution in [-0.4, -0.2) is 34.0 Å². The van der Waals surface area contributed by atoms with Gasteiger partial charge in [0.2, 0.25) is 0 Å². The molecule has 6 heteroatoms. The van der Waals surface area contributed by atoms with E-state index in [9.17, 15) is 8.42 Å². The molecule has 1 atom stereocenters. The van der Waals surface area contributed by atoms with Crippen LogP contribution in [0.3, 0.4) is 0 Å². The second-order valence-electron chi connectivity index (χ2n) is 5.37. The minimum Gasteiger partial charge on any atom is -0.311 e. The second-order valence-corrected chi connectivity index (χ2v) is 7.77. The third-order valence-corrected chi connectivity index (χ3v) is 6.16. The standard InChI is InChI=1S/C14H19N3O2S/c1-2-5-13-16-12-7-3-8-15-14(12)17(13)10-11-6-4-9-20(11,18)19/h3,7-8,11H,2,4-6,9-10H2,1H3. The molecule has 0 spiro atoms. The number of imidazole rings is 1. The predicted octanol–water partition coefficient (Wildman–Crippen LogP) is 1.96. The summed E-state index contributed by atoms with van der Waals surface area (Å²) in [6, 6.07) is 3.79. The average Bonchev–Trinajstić information content (AvgIpc) is 2.92. The van der Waals surface area contributed by atoms with Gasteiger partial charge in [0.05, 0.1) is 11.0 Å². The van der Waals surface area contributed by atoms with E-state index in [1.165, 1.54) is 0 Å². The van der Waals surface area contributed by atoms with E-state index < -0.39 is 9.84 Å². The zero-order valence-electron chi connectivity index (χ0n) is 11.6. The molecule has 2 aromatic heterocycles. The Balaban J connectivity index is 2.03. The summed E-state index contributed by atoms with van der Waals surface area (Å²) in [6.45, 7) is 2.59. The molecular weight excluding hydrogens is 274 g/mol. The Morgan fingerprint density at radius 1 is 1.45 bits per heavy atom. The molecule has 1 unspecified atom stereocenters. The number of sulfone groups is 1. The Morgan fingerprint density at radius 2 is 2.30 bits per heavy atom. The van der Waals surface area contributed by atoms with Gasteiger partial charge in [0.1, 0.15) is 11.3 Å².